The largest absolute Gasteiger partial charge is 0.352 e. The van der Waals surface area contributed by atoms with Crippen LogP contribution in [0.2, 0.25) is 0 Å². The second-order valence-electron chi connectivity index (χ2n) is 5.88. The maximum atomic E-state index is 12.2. The molecule has 0 aliphatic heterocycles. The van der Waals surface area contributed by atoms with Crippen molar-refractivity contribution in [1.82, 2.24) is 5.32 Å². The predicted octanol–water partition coefficient (Wildman–Crippen LogP) is 2.90. The molecule has 0 spiro atoms. The normalized spacial score (nSPS) is 12.0. The van der Waals surface area contributed by atoms with Gasteiger partial charge in [0.25, 0.3) is 0 Å². The number of hydrogen-bond donors (Lipinski definition) is 2. The van der Waals surface area contributed by atoms with Crippen molar-refractivity contribution in [3.63, 3.8) is 0 Å². The molecule has 0 saturated carbocycles. The Kier molecular flexibility index (Phi) is 7.82. The van der Waals surface area contributed by atoms with Crippen LogP contribution in [0.25, 0.3) is 0 Å². The highest BCUT2D eigenvalue weighted by Gasteiger charge is 2.14. The van der Waals surface area contributed by atoms with Crippen molar-refractivity contribution in [3.05, 3.63) is 34.9 Å². The topological polar surface area (TPSA) is 72.2 Å². The third kappa shape index (κ3) is 5.98. The number of Topliss-reactive ketones (excluding diaryl/α,β-unsaturated/α-hetero) is 1. The maximum absolute atomic E-state index is 12.2. The number of aryl methyl sites for hydroxylation is 2. The van der Waals surface area contributed by atoms with Crippen LogP contribution in [0.3, 0.4) is 0 Å². The van der Waals surface area contributed by atoms with E-state index >= 15 is 0 Å². The van der Waals surface area contributed by atoms with Gasteiger partial charge in [0.15, 0.2) is 5.78 Å². The molecule has 1 amide bonds. The van der Waals surface area contributed by atoms with Gasteiger partial charge in [-0.2, -0.15) is 0 Å². The lowest BCUT2D eigenvalue weighted by Gasteiger charge is -2.16. The number of amides is 1. The zero-order valence-electron chi connectivity index (χ0n) is 13.9. The molecule has 1 atom stereocenters. The average molecular weight is 304 g/mol. The molecule has 4 nitrogen and oxygen atoms in total. The van der Waals surface area contributed by atoms with E-state index in [2.05, 4.69) is 12.2 Å². The Labute approximate surface area is 133 Å². The van der Waals surface area contributed by atoms with Crippen LogP contribution in [-0.4, -0.2) is 24.3 Å². The molecule has 0 saturated heterocycles. The quantitative estimate of drug-likeness (QED) is 0.689. The Morgan fingerprint density at radius 1 is 1.23 bits per heavy atom. The van der Waals surface area contributed by atoms with Gasteiger partial charge in [0, 0.05) is 31.0 Å². The van der Waals surface area contributed by atoms with Gasteiger partial charge in [0.05, 0.1) is 0 Å². The summed E-state index contributed by atoms with van der Waals surface area (Å²) >= 11 is 0. The molecule has 0 radical (unpaired) electrons. The van der Waals surface area contributed by atoms with E-state index in [4.69, 9.17) is 5.73 Å². The van der Waals surface area contributed by atoms with E-state index in [1.54, 1.807) is 0 Å². The molecule has 0 bridgehead atoms. The fraction of sp³-hybridized carbons (Fsp3) is 0.556. The Morgan fingerprint density at radius 3 is 2.59 bits per heavy atom. The SMILES string of the molecule is CCCCC(CN)NC(=O)CCC(=O)c1cc(C)ccc1C. The van der Waals surface area contributed by atoms with Crippen LogP contribution >= 0.6 is 0 Å². The monoisotopic (exact) mass is 304 g/mol. The molecule has 3 N–H and O–H groups in total. The van der Waals surface area contributed by atoms with Gasteiger partial charge in [0.1, 0.15) is 0 Å². The molecule has 1 rings (SSSR count). The van der Waals surface area contributed by atoms with Crippen LogP contribution in [0, 0.1) is 13.8 Å². The van der Waals surface area contributed by atoms with E-state index in [0.717, 1.165) is 30.4 Å². The molecule has 0 fully saturated rings. The minimum atomic E-state index is -0.0924. The third-order valence-electron chi connectivity index (χ3n) is 3.83. The van der Waals surface area contributed by atoms with E-state index in [0.29, 0.717) is 12.1 Å². The Morgan fingerprint density at radius 2 is 1.95 bits per heavy atom. The van der Waals surface area contributed by atoms with Crippen molar-refractivity contribution in [2.45, 2.75) is 58.9 Å². The number of unbranched alkanes of at least 4 members (excludes halogenated alkanes) is 1. The van der Waals surface area contributed by atoms with Crippen molar-refractivity contribution >= 4 is 11.7 Å². The van der Waals surface area contributed by atoms with Gasteiger partial charge in [-0.25, -0.2) is 0 Å². The summed E-state index contributed by atoms with van der Waals surface area (Å²) in [5.74, 6) is -0.0700. The van der Waals surface area contributed by atoms with Gasteiger partial charge >= 0.3 is 0 Å². The fourth-order valence-corrected chi connectivity index (χ4v) is 2.40. The van der Waals surface area contributed by atoms with Crippen LogP contribution < -0.4 is 11.1 Å². The smallest absolute Gasteiger partial charge is 0.220 e. The molecule has 1 aromatic rings. The van der Waals surface area contributed by atoms with E-state index in [-0.39, 0.29) is 30.6 Å². The molecular weight excluding hydrogens is 276 g/mol. The van der Waals surface area contributed by atoms with Crippen LogP contribution in [0.5, 0.6) is 0 Å². The number of nitrogens with two attached hydrogens (primary N) is 1. The summed E-state index contributed by atoms with van der Waals surface area (Å²) in [5, 5.41) is 2.92. The van der Waals surface area contributed by atoms with Gasteiger partial charge < -0.3 is 11.1 Å². The Bertz CT molecular complexity index is 512. The summed E-state index contributed by atoms with van der Waals surface area (Å²) < 4.78 is 0. The van der Waals surface area contributed by atoms with Gasteiger partial charge in [-0.3, -0.25) is 9.59 Å². The summed E-state index contributed by atoms with van der Waals surface area (Å²) in [6.07, 6.45) is 3.47. The van der Waals surface area contributed by atoms with Crippen molar-refractivity contribution < 1.29 is 9.59 Å². The highest BCUT2D eigenvalue weighted by atomic mass is 16.2. The first-order valence-corrected chi connectivity index (χ1v) is 8.07. The van der Waals surface area contributed by atoms with Gasteiger partial charge in [0.2, 0.25) is 5.91 Å². The number of benzene rings is 1. The lowest BCUT2D eigenvalue weighted by Crippen LogP contribution is -2.40. The second kappa shape index (κ2) is 9.36. The van der Waals surface area contributed by atoms with Gasteiger partial charge in [-0.1, -0.05) is 37.5 Å². The van der Waals surface area contributed by atoms with Gasteiger partial charge in [-0.15, -0.1) is 0 Å². The summed E-state index contributed by atoms with van der Waals surface area (Å²) in [6.45, 7) is 6.43. The maximum Gasteiger partial charge on any atom is 0.220 e. The molecule has 0 aromatic heterocycles. The van der Waals surface area contributed by atoms with E-state index in [9.17, 15) is 9.59 Å². The standard InChI is InChI=1S/C18H28N2O2/c1-4-5-6-15(12-19)20-18(22)10-9-17(21)16-11-13(2)7-8-14(16)3/h7-8,11,15H,4-6,9-10,12,19H2,1-3H3,(H,20,22). The van der Waals surface area contributed by atoms with Crippen LogP contribution in [0.15, 0.2) is 18.2 Å². The molecule has 22 heavy (non-hydrogen) atoms. The first-order valence-electron chi connectivity index (χ1n) is 8.07. The van der Waals surface area contributed by atoms with Crippen molar-refractivity contribution in [2.75, 3.05) is 6.54 Å². The average Bonchev–Trinajstić information content (AvgIpc) is 2.51. The molecule has 122 valence electrons. The third-order valence-corrected chi connectivity index (χ3v) is 3.83. The Hall–Kier alpha value is -1.68. The number of ketones is 1. The van der Waals surface area contributed by atoms with E-state index in [1.807, 2.05) is 32.0 Å². The van der Waals surface area contributed by atoms with Gasteiger partial charge in [-0.05, 0) is 31.9 Å². The van der Waals surface area contributed by atoms with Crippen LogP contribution in [-0.2, 0) is 4.79 Å². The predicted molar refractivity (Wildman–Crippen MR) is 90.0 cm³/mol. The van der Waals surface area contributed by atoms with E-state index in [1.165, 1.54) is 0 Å². The number of carbonyl (C=O) groups is 2. The van der Waals surface area contributed by atoms with E-state index < -0.39 is 0 Å². The molecular formula is C18H28N2O2. The summed E-state index contributed by atoms with van der Waals surface area (Å²) in [4.78, 5) is 24.2. The molecule has 1 unspecified atom stereocenters. The highest BCUT2D eigenvalue weighted by molar-refractivity contribution is 5.99. The first kappa shape index (κ1) is 18.4. The molecule has 0 heterocycles. The number of rotatable bonds is 9. The van der Waals surface area contributed by atoms with Crippen molar-refractivity contribution in [3.8, 4) is 0 Å². The number of hydrogen-bond acceptors (Lipinski definition) is 3. The van der Waals surface area contributed by atoms with Crippen LogP contribution in [0.4, 0.5) is 0 Å². The first-order chi connectivity index (χ1) is 10.5. The summed E-state index contributed by atoms with van der Waals surface area (Å²) in [6, 6.07) is 5.83. The number of carbonyl (C=O) groups excluding carboxylic acids is 2. The van der Waals surface area contributed by atoms with Crippen molar-refractivity contribution in [1.29, 1.82) is 0 Å². The summed E-state index contributed by atoms with van der Waals surface area (Å²) in [5.41, 5.74) is 8.39. The minimum absolute atomic E-state index is 0.0169. The van der Waals surface area contributed by atoms with Crippen molar-refractivity contribution in [2.24, 2.45) is 5.73 Å². The molecule has 0 aliphatic rings. The van der Waals surface area contributed by atoms with Crippen LogP contribution in [0.1, 0.15) is 60.5 Å². The lowest BCUT2D eigenvalue weighted by molar-refractivity contribution is -0.121. The minimum Gasteiger partial charge on any atom is -0.352 e. The molecule has 4 heteroatoms. The zero-order chi connectivity index (χ0) is 16.5. The second-order valence-corrected chi connectivity index (χ2v) is 5.88. The molecule has 1 aromatic carbocycles. The molecule has 0 aliphatic carbocycles. The lowest BCUT2D eigenvalue weighted by atomic mass is 9.99. The fourth-order valence-electron chi connectivity index (χ4n) is 2.40. The zero-order valence-corrected chi connectivity index (χ0v) is 13.9. The summed E-state index contributed by atoms with van der Waals surface area (Å²) in [7, 11) is 0. The number of nitrogens with one attached hydrogen (secondary N) is 1. The Balaban J connectivity index is 2.49. The highest BCUT2D eigenvalue weighted by Crippen LogP contribution is 2.14.